The third kappa shape index (κ3) is 5.18. The molecule has 0 amide bonds. The molecule has 0 bridgehead atoms. The molecule has 0 saturated carbocycles. The summed E-state index contributed by atoms with van der Waals surface area (Å²) in [5.74, 6) is 6.27. The maximum absolute atomic E-state index is 3.64. The van der Waals surface area contributed by atoms with Crippen LogP contribution in [0.2, 0.25) is 0 Å². The first-order valence-corrected chi connectivity index (χ1v) is 3.43. The molecule has 0 aromatic rings. The third-order valence-electron chi connectivity index (χ3n) is 1.03. The minimum atomic E-state index is 0.301. The maximum Gasteiger partial charge on any atom is 0.0355 e. The standard InChI is InChI=1S/C10H14/c1-5-10(4)8-6-7-9(2)3/h5,7,10H,1H2,2-4H3. The molecule has 0 aromatic heterocycles. The molecule has 0 aliphatic carbocycles. The summed E-state index contributed by atoms with van der Waals surface area (Å²) in [6.45, 7) is 9.73. The first-order chi connectivity index (χ1) is 4.66. The summed E-state index contributed by atoms with van der Waals surface area (Å²) in [6, 6.07) is 0. The average Bonchev–Trinajstić information content (AvgIpc) is 1.87. The highest BCUT2D eigenvalue weighted by atomic mass is 13.9. The summed E-state index contributed by atoms with van der Waals surface area (Å²) >= 11 is 0. The summed E-state index contributed by atoms with van der Waals surface area (Å²) < 4.78 is 0. The van der Waals surface area contributed by atoms with E-state index in [-0.39, 0.29) is 0 Å². The predicted octanol–water partition coefficient (Wildman–Crippen LogP) is 2.78. The Kier molecular flexibility index (Phi) is 4.41. The zero-order valence-electron chi connectivity index (χ0n) is 6.94. The van der Waals surface area contributed by atoms with Gasteiger partial charge in [0.2, 0.25) is 0 Å². The number of hydrogen-bond acceptors (Lipinski definition) is 0. The fourth-order valence-electron chi connectivity index (χ4n) is 0.376. The minimum Gasteiger partial charge on any atom is -0.102 e. The van der Waals surface area contributed by atoms with Crippen LogP contribution in [0.1, 0.15) is 20.8 Å². The Balaban J connectivity index is 3.92. The van der Waals surface area contributed by atoms with E-state index in [0.717, 1.165) is 0 Å². The molecule has 0 heterocycles. The molecule has 1 atom stereocenters. The molecule has 0 saturated heterocycles. The van der Waals surface area contributed by atoms with Crippen molar-refractivity contribution in [2.75, 3.05) is 0 Å². The van der Waals surface area contributed by atoms with Gasteiger partial charge < -0.3 is 0 Å². The van der Waals surface area contributed by atoms with Crippen LogP contribution in [0.4, 0.5) is 0 Å². The maximum atomic E-state index is 3.64. The molecular weight excluding hydrogens is 120 g/mol. The van der Waals surface area contributed by atoms with E-state index in [9.17, 15) is 0 Å². The Bertz CT molecular complexity index is 182. The molecule has 0 heteroatoms. The van der Waals surface area contributed by atoms with Crippen molar-refractivity contribution in [3.8, 4) is 11.8 Å². The van der Waals surface area contributed by atoms with Crippen LogP contribution in [0.5, 0.6) is 0 Å². The van der Waals surface area contributed by atoms with Crippen molar-refractivity contribution in [2.24, 2.45) is 5.92 Å². The molecule has 0 rings (SSSR count). The van der Waals surface area contributed by atoms with E-state index < -0.39 is 0 Å². The van der Waals surface area contributed by atoms with Crippen LogP contribution in [0.15, 0.2) is 24.3 Å². The molecule has 0 aliphatic rings. The van der Waals surface area contributed by atoms with Crippen molar-refractivity contribution < 1.29 is 0 Å². The van der Waals surface area contributed by atoms with Gasteiger partial charge in [0.15, 0.2) is 0 Å². The Morgan fingerprint density at radius 3 is 2.50 bits per heavy atom. The van der Waals surface area contributed by atoms with Crippen LogP contribution >= 0.6 is 0 Å². The lowest BCUT2D eigenvalue weighted by atomic mass is 10.2. The smallest absolute Gasteiger partial charge is 0.0355 e. The Hall–Kier alpha value is -0.960. The zero-order chi connectivity index (χ0) is 7.98. The molecule has 0 nitrogen and oxygen atoms in total. The molecule has 0 radical (unpaired) electrons. The lowest BCUT2D eigenvalue weighted by Gasteiger charge is -1.87. The summed E-state index contributed by atoms with van der Waals surface area (Å²) in [5, 5.41) is 0. The van der Waals surface area contributed by atoms with E-state index in [1.807, 2.05) is 32.9 Å². The van der Waals surface area contributed by atoms with Crippen molar-refractivity contribution in [1.82, 2.24) is 0 Å². The first-order valence-electron chi connectivity index (χ1n) is 3.43. The molecule has 0 aromatic carbocycles. The second kappa shape index (κ2) is 4.88. The molecule has 0 N–H and O–H groups in total. The van der Waals surface area contributed by atoms with Crippen LogP contribution in [-0.2, 0) is 0 Å². The van der Waals surface area contributed by atoms with Crippen molar-refractivity contribution in [3.63, 3.8) is 0 Å². The van der Waals surface area contributed by atoms with Crippen LogP contribution in [0, 0.1) is 17.8 Å². The Morgan fingerprint density at radius 2 is 2.10 bits per heavy atom. The highest BCUT2D eigenvalue weighted by Crippen LogP contribution is 1.91. The van der Waals surface area contributed by atoms with Gasteiger partial charge in [-0.1, -0.05) is 23.5 Å². The fraction of sp³-hybridized carbons (Fsp3) is 0.400. The highest BCUT2D eigenvalue weighted by Gasteiger charge is 1.82. The van der Waals surface area contributed by atoms with Gasteiger partial charge in [0.05, 0.1) is 0 Å². The number of rotatable bonds is 1. The summed E-state index contributed by atoms with van der Waals surface area (Å²) in [5.41, 5.74) is 1.24. The summed E-state index contributed by atoms with van der Waals surface area (Å²) in [7, 11) is 0. The van der Waals surface area contributed by atoms with E-state index in [2.05, 4.69) is 18.4 Å². The predicted molar refractivity (Wildman–Crippen MR) is 46.6 cm³/mol. The Morgan fingerprint density at radius 1 is 1.50 bits per heavy atom. The van der Waals surface area contributed by atoms with Gasteiger partial charge in [-0.2, -0.15) is 0 Å². The summed E-state index contributed by atoms with van der Waals surface area (Å²) in [4.78, 5) is 0. The average molecular weight is 134 g/mol. The highest BCUT2D eigenvalue weighted by molar-refractivity contribution is 5.21. The minimum absolute atomic E-state index is 0.301. The fourth-order valence-corrected chi connectivity index (χ4v) is 0.376. The van der Waals surface area contributed by atoms with Gasteiger partial charge in [-0.05, 0) is 26.8 Å². The van der Waals surface area contributed by atoms with Gasteiger partial charge in [0.1, 0.15) is 0 Å². The van der Waals surface area contributed by atoms with E-state index in [1.54, 1.807) is 0 Å². The second-order valence-corrected chi connectivity index (χ2v) is 2.53. The van der Waals surface area contributed by atoms with Gasteiger partial charge in [-0.3, -0.25) is 0 Å². The molecule has 0 aliphatic heterocycles. The SMILES string of the molecule is C=CC(C)C#CC=C(C)C. The molecule has 0 fully saturated rings. The molecular formula is C10H14. The van der Waals surface area contributed by atoms with Crippen LogP contribution in [-0.4, -0.2) is 0 Å². The second-order valence-electron chi connectivity index (χ2n) is 2.53. The lowest BCUT2D eigenvalue weighted by molar-refractivity contribution is 0.985. The van der Waals surface area contributed by atoms with Crippen LogP contribution in [0.3, 0.4) is 0 Å². The topological polar surface area (TPSA) is 0 Å². The largest absolute Gasteiger partial charge is 0.102 e. The number of allylic oxidation sites excluding steroid dienone is 3. The quantitative estimate of drug-likeness (QED) is 0.382. The van der Waals surface area contributed by atoms with Crippen LogP contribution < -0.4 is 0 Å². The number of hydrogen-bond donors (Lipinski definition) is 0. The summed E-state index contributed by atoms with van der Waals surface area (Å²) in [6.07, 6.45) is 3.76. The molecule has 0 spiro atoms. The van der Waals surface area contributed by atoms with Crippen molar-refractivity contribution >= 4 is 0 Å². The lowest BCUT2D eigenvalue weighted by Crippen LogP contribution is -1.79. The van der Waals surface area contributed by atoms with Gasteiger partial charge in [-0.25, -0.2) is 0 Å². The zero-order valence-corrected chi connectivity index (χ0v) is 6.94. The normalized spacial score (nSPS) is 10.7. The van der Waals surface area contributed by atoms with E-state index in [4.69, 9.17) is 0 Å². The van der Waals surface area contributed by atoms with Gasteiger partial charge in [0, 0.05) is 5.92 Å². The third-order valence-corrected chi connectivity index (χ3v) is 1.03. The van der Waals surface area contributed by atoms with Gasteiger partial charge >= 0.3 is 0 Å². The van der Waals surface area contributed by atoms with E-state index >= 15 is 0 Å². The molecule has 54 valence electrons. The molecule has 1 unspecified atom stereocenters. The first kappa shape index (κ1) is 9.04. The Labute approximate surface area is 63.6 Å². The molecule has 10 heavy (non-hydrogen) atoms. The monoisotopic (exact) mass is 134 g/mol. The van der Waals surface area contributed by atoms with Crippen molar-refractivity contribution in [1.29, 1.82) is 0 Å². The van der Waals surface area contributed by atoms with Gasteiger partial charge in [-0.15, -0.1) is 6.58 Å². The van der Waals surface area contributed by atoms with Crippen molar-refractivity contribution in [2.45, 2.75) is 20.8 Å². The van der Waals surface area contributed by atoms with E-state index in [0.29, 0.717) is 5.92 Å². The van der Waals surface area contributed by atoms with Crippen LogP contribution in [0.25, 0.3) is 0 Å². The van der Waals surface area contributed by atoms with Crippen molar-refractivity contribution in [3.05, 3.63) is 24.3 Å². The van der Waals surface area contributed by atoms with Gasteiger partial charge in [0.25, 0.3) is 0 Å². The van der Waals surface area contributed by atoms with E-state index in [1.165, 1.54) is 5.57 Å².